The summed E-state index contributed by atoms with van der Waals surface area (Å²) in [5, 5.41) is 0.814. The summed E-state index contributed by atoms with van der Waals surface area (Å²) in [4.78, 5) is 15.7. The van der Waals surface area contributed by atoms with Crippen molar-refractivity contribution >= 4 is 38.2 Å². The van der Waals surface area contributed by atoms with Crippen LogP contribution in [0.5, 0.6) is 5.75 Å². The highest BCUT2D eigenvalue weighted by molar-refractivity contribution is 7.98. The van der Waals surface area contributed by atoms with Crippen molar-refractivity contribution in [1.82, 2.24) is 19.7 Å². The van der Waals surface area contributed by atoms with Crippen LogP contribution in [0.4, 0.5) is 10.1 Å². The molecule has 0 atom stereocenters. The summed E-state index contributed by atoms with van der Waals surface area (Å²) in [6, 6.07) is 11.2. The summed E-state index contributed by atoms with van der Waals surface area (Å²) in [5.41, 5.74) is 0.775. The first-order chi connectivity index (χ1) is 23.6. The van der Waals surface area contributed by atoms with Crippen LogP contribution in [0.15, 0.2) is 57.3 Å². The molecule has 50 heavy (non-hydrogen) atoms. The predicted octanol–water partition coefficient (Wildman–Crippen LogP) is 7.20. The molecule has 0 aliphatic carbocycles. The summed E-state index contributed by atoms with van der Waals surface area (Å²) >= 11 is 1.62. The first-order valence-corrected chi connectivity index (χ1v) is 21.0. The lowest BCUT2D eigenvalue weighted by Gasteiger charge is -2.46. The molecule has 2 aromatic carbocycles. The number of piperazine rings is 1. The average Bonchev–Trinajstić information content (AvgIpc) is 3.07. The Bertz CT molecular complexity index is 1760. The molecule has 0 spiro atoms. The van der Waals surface area contributed by atoms with E-state index in [0.29, 0.717) is 24.2 Å². The molecule has 3 aromatic rings. The molecule has 3 aliphatic heterocycles. The van der Waals surface area contributed by atoms with Crippen LogP contribution in [-0.4, -0.2) is 111 Å². The number of benzene rings is 2. The lowest BCUT2D eigenvalue weighted by Crippen LogP contribution is -2.54. The van der Waals surface area contributed by atoms with Gasteiger partial charge in [-0.3, -0.25) is 9.88 Å². The van der Waals surface area contributed by atoms with E-state index in [1.807, 2.05) is 38.3 Å². The number of sulfone groups is 1. The fourth-order valence-corrected chi connectivity index (χ4v) is 10.4. The number of likely N-dealkylation sites (tertiary alicyclic amines) is 1. The Morgan fingerprint density at radius 2 is 1.48 bits per heavy atom. The Morgan fingerprint density at radius 1 is 0.860 bits per heavy atom. The van der Waals surface area contributed by atoms with E-state index < -0.39 is 21.3 Å². The Morgan fingerprint density at radius 3 is 2.08 bits per heavy atom. The largest absolute Gasteiger partial charge is 0.485 e. The van der Waals surface area contributed by atoms with Crippen molar-refractivity contribution in [3.05, 3.63) is 48.4 Å². The van der Waals surface area contributed by atoms with Gasteiger partial charge in [0.25, 0.3) is 0 Å². The normalized spacial score (nSPS) is 20.1. The Hall–Kier alpha value is -2.44. The van der Waals surface area contributed by atoms with E-state index >= 15 is 4.39 Å². The van der Waals surface area contributed by atoms with Crippen LogP contribution in [0.3, 0.4) is 0 Å². The summed E-state index contributed by atoms with van der Waals surface area (Å²) in [6.07, 6.45) is 8.55. The van der Waals surface area contributed by atoms with Crippen LogP contribution in [-0.2, 0) is 9.84 Å². The standard InChI is InChI=1S/C39H56FN5O3S2/c1-38(2,3)27-39(4,5)48-35-11-9-31(25-33(35)40)50(46,47)36-26-41-34-10-8-30(49-7)24-32(34)37(36)45-18-14-28(15-19-45)43-16-12-29(13-17-43)44-22-20-42(6)21-23-44/h8-11,24-26,28-29H,12-23,27H2,1-7H3. The number of ether oxygens (including phenoxy) is 1. The van der Waals surface area contributed by atoms with E-state index in [2.05, 4.69) is 52.4 Å². The van der Waals surface area contributed by atoms with Crippen LogP contribution in [0.2, 0.25) is 0 Å². The molecule has 0 unspecified atom stereocenters. The van der Waals surface area contributed by atoms with Gasteiger partial charge < -0.3 is 19.4 Å². The van der Waals surface area contributed by atoms with Gasteiger partial charge in [-0.05, 0) is 114 Å². The van der Waals surface area contributed by atoms with Crippen molar-refractivity contribution in [3.63, 3.8) is 0 Å². The molecule has 0 N–H and O–H groups in total. The number of pyridine rings is 1. The second-order valence-corrected chi connectivity index (χ2v) is 19.2. The number of thioether (sulfide) groups is 1. The average molecular weight is 726 g/mol. The first kappa shape index (κ1) is 37.3. The fourth-order valence-electron chi connectivity index (χ4n) is 8.52. The second kappa shape index (κ2) is 14.9. The van der Waals surface area contributed by atoms with Gasteiger partial charge in [0.05, 0.1) is 16.1 Å². The van der Waals surface area contributed by atoms with Crippen LogP contribution in [0, 0.1) is 11.2 Å². The molecule has 0 radical (unpaired) electrons. The third kappa shape index (κ3) is 8.44. The molecule has 11 heteroatoms. The summed E-state index contributed by atoms with van der Waals surface area (Å²) in [6.45, 7) is 18.6. The van der Waals surface area contributed by atoms with E-state index in [1.54, 1.807) is 11.8 Å². The smallest absolute Gasteiger partial charge is 0.210 e. The van der Waals surface area contributed by atoms with Gasteiger partial charge in [0.1, 0.15) is 10.5 Å². The van der Waals surface area contributed by atoms with Gasteiger partial charge in [-0.25, -0.2) is 12.8 Å². The second-order valence-electron chi connectivity index (χ2n) is 16.4. The molecule has 274 valence electrons. The van der Waals surface area contributed by atoms with Crippen molar-refractivity contribution in [2.45, 2.75) is 99.1 Å². The number of halogens is 1. The van der Waals surface area contributed by atoms with E-state index in [-0.39, 0.29) is 21.0 Å². The summed E-state index contributed by atoms with van der Waals surface area (Å²) in [7, 11) is -1.91. The Labute approximate surface area is 303 Å². The molecule has 4 heterocycles. The number of hydrogen-bond acceptors (Lipinski definition) is 9. The van der Waals surface area contributed by atoms with Crippen molar-refractivity contribution in [2.24, 2.45) is 5.41 Å². The molecule has 0 bridgehead atoms. The number of rotatable bonds is 9. The lowest BCUT2D eigenvalue weighted by atomic mass is 9.83. The van der Waals surface area contributed by atoms with Gasteiger partial charge in [-0.1, -0.05) is 20.8 Å². The van der Waals surface area contributed by atoms with E-state index in [0.717, 1.165) is 74.0 Å². The van der Waals surface area contributed by atoms with Gasteiger partial charge in [0.15, 0.2) is 11.6 Å². The van der Waals surface area contributed by atoms with Crippen LogP contribution in [0.25, 0.3) is 10.9 Å². The molecule has 3 saturated heterocycles. The summed E-state index contributed by atoms with van der Waals surface area (Å²) < 4.78 is 50.5. The number of nitrogens with zero attached hydrogens (tertiary/aromatic N) is 5. The zero-order valence-electron chi connectivity index (χ0n) is 31.0. The quantitative estimate of drug-likeness (QED) is 0.213. The zero-order chi connectivity index (χ0) is 35.8. The third-order valence-corrected chi connectivity index (χ3v) is 13.2. The van der Waals surface area contributed by atoms with E-state index in [4.69, 9.17) is 4.74 Å². The molecule has 3 fully saturated rings. The maximum atomic E-state index is 15.6. The lowest BCUT2D eigenvalue weighted by molar-refractivity contribution is 0.0495. The number of hydrogen-bond donors (Lipinski definition) is 0. The predicted molar refractivity (Wildman–Crippen MR) is 203 cm³/mol. The minimum absolute atomic E-state index is 0.0191. The van der Waals surface area contributed by atoms with E-state index in [1.165, 1.54) is 44.3 Å². The van der Waals surface area contributed by atoms with Gasteiger partial charge in [0, 0.05) is 67.8 Å². The highest BCUT2D eigenvalue weighted by Crippen LogP contribution is 2.40. The molecule has 3 aliphatic rings. The number of aromatic nitrogens is 1. The molecular weight excluding hydrogens is 670 g/mol. The Balaban J connectivity index is 1.23. The molecule has 8 nitrogen and oxygen atoms in total. The van der Waals surface area contributed by atoms with Gasteiger partial charge in [-0.15, -0.1) is 11.8 Å². The van der Waals surface area contributed by atoms with Crippen LogP contribution in [0.1, 0.15) is 66.7 Å². The Kier molecular flexibility index (Phi) is 11.1. The SMILES string of the molecule is CSc1ccc2ncc(S(=O)(=O)c3ccc(OC(C)(C)CC(C)(C)C)c(F)c3)c(N3CCC(N4CCC(N5CCN(C)CC5)CC4)CC3)c2c1. The fraction of sp³-hybridized carbons (Fsp3) is 0.615. The minimum Gasteiger partial charge on any atom is -0.485 e. The van der Waals surface area contributed by atoms with Gasteiger partial charge in [-0.2, -0.15) is 0 Å². The molecule has 0 amide bonds. The maximum Gasteiger partial charge on any atom is 0.210 e. The highest BCUT2D eigenvalue weighted by Gasteiger charge is 2.35. The van der Waals surface area contributed by atoms with Crippen molar-refractivity contribution in [2.75, 3.05) is 70.6 Å². The van der Waals surface area contributed by atoms with Crippen molar-refractivity contribution < 1.29 is 17.5 Å². The first-order valence-electron chi connectivity index (χ1n) is 18.3. The topological polar surface area (TPSA) is 69.2 Å². The van der Waals surface area contributed by atoms with E-state index in [9.17, 15) is 8.42 Å². The van der Waals surface area contributed by atoms with Crippen molar-refractivity contribution in [3.8, 4) is 5.75 Å². The third-order valence-electron chi connectivity index (χ3n) is 10.7. The number of piperidine rings is 2. The van der Waals surface area contributed by atoms with Crippen LogP contribution >= 0.6 is 11.8 Å². The van der Waals surface area contributed by atoms with Crippen LogP contribution < -0.4 is 9.64 Å². The highest BCUT2D eigenvalue weighted by atomic mass is 32.2. The number of anilines is 1. The van der Waals surface area contributed by atoms with Gasteiger partial charge >= 0.3 is 0 Å². The maximum absolute atomic E-state index is 15.6. The van der Waals surface area contributed by atoms with Gasteiger partial charge in [0.2, 0.25) is 9.84 Å². The monoisotopic (exact) mass is 725 g/mol. The van der Waals surface area contributed by atoms with Crippen molar-refractivity contribution in [1.29, 1.82) is 0 Å². The molecule has 0 saturated carbocycles. The minimum atomic E-state index is -4.12. The number of likely N-dealkylation sites (N-methyl/N-ethyl adjacent to an activating group) is 1. The molecular formula is C39H56FN5O3S2. The summed E-state index contributed by atoms with van der Waals surface area (Å²) in [5.74, 6) is -0.639. The zero-order valence-corrected chi connectivity index (χ0v) is 32.7. The number of fused-ring (bicyclic) bond motifs is 1. The molecule has 1 aromatic heterocycles. The molecule has 6 rings (SSSR count).